The number of rotatable bonds is 6. The monoisotopic (exact) mass is 379 g/mol. The van der Waals surface area contributed by atoms with Crippen molar-refractivity contribution in [1.82, 2.24) is 16.0 Å². The number of para-hydroxylation sites is 1. The quantitative estimate of drug-likeness (QED) is 0.532. The van der Waals surface area contributed by atoms with Gasteiger partial charge in [0, 0.05) is 50.5 Å². The van der Waals surface area contributed by atoms with E-state index in [0.29, 0.717) is 24.7 Å². The van der Waals surface area contributed by atoms with E-state index in [1.54, 1.807) is 7.05 Å². The summed E-state index contributed by atoms with van der Waals surface area (Å²) in [6.07, 6.45) is 1.07. The lowest BCUT2D eigenvalue weighted by Crippen LogP contribution is -2.44. The maximum atomic E-state index is 12.0. The zero-order valence-corrected chi connectivity index (χ0v) is 16.6. The van der Waals surface area contributed by atoms with Crippen LogP contribution in [-0.4, -0.2) is 44.6 Å². The molecule has 0 spiro atoms. The van der Waals surface area contributed by atoms with Crippen molar-refractivity contribution in [3.8, 4) is 0 Å². The van der Waals surface area contributed by atoms with Crippen molar-refractivity contribution >= 4 is 17.6 Å². The summed E-state index contributed by atoms with van der Waals surface area (Å²) < 4.78 is 0. The molecule has 28 heavy (non-hydrogen) atoms. The summed E-state index contributed by atoms with van der Waals surface area (Å²) in [6.45, 7) is 5.15. The summed E-state index contributed by atoms with van der Waals surface area (Å²) in [6, 6.07) is 18.5. The minimum absolute atomic E-state index is 0.0428. The fourth-order valence-corrected chi connectivity index (χ4v) is 3.41. The molecule has 1 unspecified atom stereocenters. The molecule has 148 valence electrons. The molecule has 1 amide bonds. The number of nitrogens with one attached hydrogen (secondary N) is 3. The average Bonchev–Trinajstić information content (AvgIpc) is 3.21. The molecule has 1 aliphatic rings. The van der Waals surface area contributed by atoms with Crippen LogP contribution in [0.1, 0.15) is 29.3 Å². The lowest BCUT2D eigenvalue weighted by atomic mass is 10.1. The fourth-order valence-electron chi connectivity index (χ4n) is 3.41. The minimum Gasteiger partial charge on any atom is -0.369 e. The van der Waals surface area contributed by atoms with Gasteiger partial charge in [0.2, 0.25) is 0 Å². The molecule has 2 aromatic rings. The van der Waals surface area contributed by atoms with Gasteiger partial charge in [-0.25, -0.2) is 0 Å². The van der Waals surface area contributed by atoms with E-state index in [4.69, 9.17) is 0 Å². The third kappa shape index (κ3) is 5.25. The molecule has 1 saturated heterocycles. The molecule has 1 fully saturated rings. The summed E-state index contributed by atoms with van der Waals surface area (Å²) in [5.41, 5.74) is 2.99. The lowest BCUT2D eigenvalue weighted by molar-refractivity contribution is 0.0955. The highest BCUT2D eigenvalue weighted by Gasteiger charge is 2.23. The number of nitrogens with zero attached hydrogens (tertiary/aromatic N) is 2. The molecule has 1 atom stereocenters. The van der Waals surface area contributed by atoms with Gasteiger partial charge in [0.15, 0.2) is 5.96 Å². The van der Waals surface area contributed by atoms with Crippen LogP contribution in [0.25, 0.3) is 0 Å². The van der Waals surface area contributed by atoms with Crippen molar-refractivity contribution in [1.29, 1.82) is 0 Å². The minimum atomic E-state index is -0.0428. The van der Waals surface area contributed by atoms with Gasteiger partial charge in [-0.2, -0.15) is 0 Å². The van der Waals surface area contributed by atoms with E-state index < -0.39 is 0 Å². The molecule has 0 bridgehead atoms. The van der Waals surface area contributed by atoms with E-state index in [2.05, 4.69) is 50.1 Å². The Morgan fingerprint density at radius 1 is 1.14 bits per heavy atom. The molecule has 6 heteroatoms. The summed E-state index contributed by atoms with van der Waals surface area (Å²) in [5.74, 6) is 0.738. The highest BCUT2D eigenvalue weighted by Crippen LogP contribution is 2.19. The molecule has 6 nitrogen and oxygen atoms in total. The maximum Gasteiger partial charge on any atom is 0.251 e. The number of carbonyl (C=O) groups is 1. The molecule has 0 radical (unpaired) electrons. The van der Waals surface area contributed by atoms with Gasteiger partial charge < -0.3 is 20.9 Å². The normalized spacial score (nSPS) is 16.7. The molecule has 1 heterocycles. The zero-order valence-electron chi connectivity index (χ0n) is 16.6. The van der Waals surface area contributed by atoms with Crippen LogP contribution in [0, 0.1) is 0 Å². The first-order valence-corrected chi connectivity index (χ1v) is 9.84. The summed E-state index contributed by atoms with van der Waals surface area (Å²) in [4.78, 5) is 18.7. The SMILES string of the molecule is CCNC(=O)c1cccc(CNC(=NC)NC2CCN(c3ccccc3)C2)c1. The Morgan fingerprint density at radius 2 is 1.96 bits per heavy atom. The Morgan fingerprint density at radius 3 is 2.71 bits per heavy atom. The Balaban J connectivity index is 1.52. The first-order valence-electron chi connectivity index (χ1n) is 9.84. The molecular weight excluding hydrogens is 350 g/mol. The summed E-state index contributed by atoms with van der Waals surface area (Å²) in [7, 11) is 1.78. The zero-order chi connectivity index (χ0) is 19.8. The van der Waals surface area contributed by atoms with Gasteiger partial charge in [0.05, 0.1) is 0 Å². The summed E-state index contributed by atoms with van der Waals surface area (Å²) >= 11 is 0. The smallest absolute Gasteiger partial charge is 0.251 e. The van der Waals surface area contributed by atoms with E-state index in [9.17, 15) is 4.79 Å². The van der Waals surface area contributed by atoms with Crippen molar-refractivity contribution in [2.75, 3.05) is 31.6 Å². The predicted molar refractivity (Wildman–Crippen MR) is 115 cm³/mol. The number of anilines is 1. The number of hydrogen-bond acceptors (Lipinski definition) is 3. The van der Waals surface area contributed by atoms with Crippen LogP contribution in [0.5, 0.6) is 0 Å². The van der Waals surface area contributed by atoms with Gasteiger partial charge in [0.25, 0.3) is 5.91 Å². The third-order valence-electron chi connectivity index (χ3n) is 4.86. The maximum absolute atomic E-state index is 12.0. The highest BCUT2D eigenvalue weighted by molar-refractivity contribution is 5.94. The predicted octanol–water partition coefficient (Wildman–Crippen LogP) is 2.38. The van der Waals surface area contributed by atoms with Crippen LogP contribution in [0.3, 0.4) is 0 Å². The van der Waals surface area contributed by atoms with Gasteiger partial charge in [-0.05, 0) is 43.2 Å². The fraction of sp³-hybridized carbons (Fsp3) is 0.364. The second-order valence-electron chi connectivity index (χ2n) is 6.90. The number of carbonyl (C=O) groups excluding carboxylic acids is 1. The van der Waals surface area contributed by atoms with Crippen molar-refractivity contribution in [2.45, 2.75) is 25.9 Å². The van der Waals surface area contributed by atoms with Crippen molar-refractivity contribution in [3.05, 3.63) is 65.7 Å². The molecule has 0 saturated carbocycles. The summed E-state index contributed by atoms with van der Waals surface area (Å²) in [5, 5.41) is 9.70. The van der Waals surface area contributed by atoms with Crippen LogP contribution >= 0.6 is 0 Å². The molecule has 3 N–H and O–H groups in total. The Hall–Kier alpha value is -3.02. The number of aliphatic imine (C=N–C) groups is 1. The molecule has 0 aliphatic carbocycles. The third-order valence-corrected chi connectivity index (χ3v) is 4.86. The molecule has 2 aromatic carbocycles. The molecule has 0 aromatic heterocycles. The van der Waals surface area contributed by atoms with Gasteiger partial charge in [-0.1, -0.05) is 30.3 Å². The highest BCUT2D eigenvalue weighted by atomic mass is 16.1. The van der Waals surface area contributed by atoms with Gasteiger partial charge in [0.1, 0.15) is 0 Å². The number of amides is 1. The topological polar surface area (TPSA) is 68.8 Å². The van der Waals surface area contributed by atoms with E-state index in [-0.39, 0.29) is 5.91 Å². The van der Waals surface area contributed by atoms with Crippen LogP contribution in [0.4, 0.5) is 5.69 Å². The van der Waals surface area contributed by atoms with Crippen molar-refractivity contribution < 1.29 is 4.79 Å². The first-order chi connectivity index (χ1) is 13.7. The second kappa shape index (κ2) is 9.78. The van der Waals surface area contributed by atoms with Crippen molar-refractivity contribution in [2.24, 2.45) is 4.99 Å². The number of benzene rings is 2. The van der Waals surface area contributed by atoms with Crippen LogP contribution < -0.4 is 20.9 Å². The second-order valence-corrected chi connectivity index (χ2v) is 6.90. The van der Waals surface area contributed by atoms with E-state index in [1.165, 1.54) is 5.69 Å². The largest absolute Gasteiger partial charge is 0.369 e. The van der Waals surface area contributed by atoms with E-state index in [0.717, 1.165) is 31.0 Å². The van der Waals surface area contributed by atoms with Gasteiger partial charge in [-0.3, -0.25) is 9.79 Å². The Kier molecular flexibility index (Phi) is 6.89. The van der Waals surface area contributed by atoms with Crippen molar-refractivity contribution in [3.63, 3.8) is 0 Å². The van der Waals surface area contributed by atoms with Gasteiger partial charge >= 0.3 is 0 Å². The average molecular weight is 380 g/mol. The van der Waals surface area contributed by atoms with E-state index >= 15 is 0 Å². The van der Waals surface area contributed by atoms with Crippen LogP contribution in [0.15, 0.2) is 59.6 Å². The standard InChI is InChI=1S/C22H29N5O/c1-3-24-21(28)18-9-7-8-17(14-18)15-25-22(23-2)26-19-12-13-27(16-19)20-10-5-4-6-11-20/h4-11,14,19H,3,12-13,15-16H2,1-2H3,(H,24,28)(H2,23,25,26). The molecule has 1 aliphatic heterocycles. The Labute approximate surface area is 167 Å². The Bertz CT molecular complexity index is 806. The van der Waals surface area contributed by atoms with Gasteiger partial charge in [-0.15, -0.1) is 0 Å². The van der Waals surface area contributed by atoms with Crippen LogP contribution in [0.2, 0.25) is 0 Å². The van der Waals surface area contributed by atoms with Crippen LogP contribution in [-0.2, 0) is 6.54 Å². The number of hydrogen-bond donors (Lipinski definition) is 3. The lowest BCUT2D eigenvalue weighted by Gasteiger charge is -2.20. The van der Waals surface area contributed by atoms with E-state index in [1.807, 2.05) is 37.3 Å². The molecule has 3 rings (SSSR count). The number of guanidine groups is 1. The first kappa shape index (κ1) is 19.7. The molecular formula is C22H29N5O.